The molecule has 0 bridgehead atoms. The van der Waals surface area contributed by atoms with Gasteiger partial charge in [-0.15, -0.1) is 0 Å². The lowest BCUT2D eigenvalue weighted by Gasteiger charge is -2.19. The Balaban J connectivity index is 2.28. The second kappa shape index (κ2) is 9.95. The maximum atomic E-state index is 11.8. The Morgan fingerprint density at radius 1 is 1.14 bits per heavy atom. The van der Waals surface area contributed by atoms with Gasteiger partial charge in [-0.05, 0) is 51.5 Å². The molecule has 0 aliphatic rings. The highest BCUT2D eigenvalue weighted by atomic mass is 16.2. The molecule has 5 heteroatoms. The van der Waals surface area contributed by atoms with Gasteiger partial charge in [-0.25, -0.2) is 4.79 Å². The maximum Gasteiger partial charge on any atom is 0.321 e. The predicted octanol–water partition coefficient (Wildman–Crippen LogP) is 2.64. The van der Waals surface area contributed by atoms with Gasteiger partial charge in [-0.2, -0.15) is 0 Å². The number of nitrogens with zero attached hydrogens (tertiary/aromatic N) is 1. The molecule has 0 aliphatic heterocycles. The largest absolute Gasteiger partial charge is 0.335 e. The number of hydrogen-bond donors (Lipinski definition) is 2. The normalized spacial score (nSPS) is 12.0. The Morgan fingerprint density at radius 3 is 2.36 bits per heavy atom. The van der Waals surface area contributed by atoms with Crippen molar-refractivity contribution in [1.82, 2.24) is 15.5 Å². The van der Waals surface area contributed by atoms with E-state index in [1.165, 1.54) is 0 Å². The van der Waals surface area contributed by atoms with Gasteiger partial charge in [0, 0.05) is 11.6 Å². The van der Waals surface area contributed by atoms with E-state index >= 15 is 0 Å². The molecular weight excluding hydrogens is 278 g/mol. The smallest absolute Gasteiger partial charge is 0.321 e. The third kappa shape index (κ3) is 6.72. The predicted molar refractivity (Wildman–Crippen MR) is 88.9 cm³/mol. The van der Waals surface area contributed by atoms with Gasteiger partial charge in [0.25, 0.3) is 5.91 Å². The highest BCUT2D eigenvalue weighted by Gasteiger charge is 2.12. The minimum atomic E-state index is -0.441. The third-order valence-electron chi connectivity index (χ3n) is 3.65. The van der Waals surface area contributed by atoms with Gasteiger partial charge in [0.15, 0.2) is 0 Å². The second-order valence-electron chi connectivity index (χ2n) is 5.36. The van der Waals surface area contributed by atoms with E-state index in [0.717, 1.165) is 32.5 Å². The van der Waals surface area contributed by atoms with E-state index in [9.17, 15) is 9.59 Å². The van der Waals surface area contributed by atoms with Crippen LogP contribution in [0.1, 0.15) is 44.0 Å². The molecule has 1 rings (SSSR count). The first-order chi connectivity index (χ1) is 10.6. The highest BCUT2D eigenvalue weighted by Crippen LogP contribution is 2.00. The Morgan fingerprint density at radius 2 is 1.77 bits per heavy atom. The zero-order valence-electron chi connectivity index (χ0n) is 13.8. The highest BCUT2D eigenvalue weighted by molar-refractivity contribution is 6.04. The monoisotopic (exact) mass is 305 g/mol. The van der Waals surface area contributed by atoms with E-state index in [-0.39, 0.29) is 11.9 Å². The average Bonchev–Trinajstić information content (AvgIpc) is 2.52. The van der Waals surface area contributed by atoms with Crippen LogP contribution in [0.5, 0.6) is 0 Å². The van der Waals surface area contributed by atoms with Gasteiger partial charge in [-0.3, -0.25) is 10.1 Å². The fraction of sp³-hybridized carbons (Fsp3) is 0.529. The Hall–Kier alpha value is -1.88. The molecule has 0 radical (unpaired) electrons. The molecule has 2 N–H and O–H groups in total. The van der Waals surface area contributed by atoms with Crippen molar-refractivity contribution in [2.75, 3.05) is 19.6 Å². The second-order valence-corrected chi connectivity index (χ2v) is 5.36. The number of urea groups is 1. The topological polar surface area (TPSA) is 61.4 Å². The van der Waals surface area contributed by atoms with Crippen molar-refractivity contribution in [2.45, 2.75) is 39.7 Å². The van der Waals surface area contributed by atoms with Crippen LogP contribution in [0.4, 0.5) is 4.79 Å². The first-order valence-electron chi connectivity index (χ1n) is 7.96. The summed E-state index contributed by atoms with van der Waals surface area (Å²) >= 11 is 0. The van der Waals surface area contributed by atoms with Crippen molar-refractivity contribution in [3.05, 3.63) is 35.9 Å². The van der Waals surface area contributed by atoms with Crippen molar-refractivity contribution in [3.63, 3.8) is 0 Å². The molecule has 0 heterocycles. The number of carbonyl (C=O) groups excluding carboxylic acids is 2. The van der Waals surface area contributed by atoms with Crippen LogP contribution in [-0.2, 0) is 0 Å². The molecule has 1 unspecified atom stereocenters. The fourth-order valence-electron chi connectivity index (χ4n) is 2.26. The summed E-state index contributed by atoms with van der Waals surface area (Å²) < 4.78 is 0. The number of nitrogens with one attached hydrogen (secondary N) is 2. The van der Waals surface area contributed by atoms with Gasteiger partial charge in [0.05, 0.1) is 0 Å². The fourth-order valence-corrected chi connectivity index (χ4v) is 2.26. The average molecular weight is 305 g/mol. The molecule has 22 heavy (non-hydrogen) atoms. The number of carbonyl (C=O) groups is 2. The molecule has 0 saturated heterocycles. The number of amides is 3. The Labute approximate surface area is 133 Å². The van der Waals surface area contributed by atoms with Crippen LogP contribution in [-0.4, -0.2) is 42.5 Å². The van der Waals surface area contributed by atoms with E-state index in [1.807, 2.05) is 13.0 Å². The lowest BCUT2D eigenvalue weighted by atomic mass is 10.2. The van der Waals surface area contributed by atoms with Crippen molar-refractivity contribution < 1.29 is 9.59 Å². The summed E-state index contributed by atoms with van der Waals surface area (Å²) in [7, 11) is 0. The molecule has 0 spiro atoms. The molecule has 0 saturated carbocycles. The molecule has 0 aromatic heterocycles. The lowest BCUT2D eigenvalue weighted by molar-refractivity contribution is 0.0963. The van der Waals surface area contributed by atoms with Crippen molar-refractivity contribution in [2.24, 2.45) is 0 Å². The minimum absolute atomic E-state index is 0.0409. The van der Waals surface area contributed by atoms with Crippen molar-refractivity contribution in [1.29, 1.82) is 0 Å². The molecule has 1 aromatic rings. The molecule has 5 nitrogen and oxygen atoms in total. The van der Waals surface area contributed by atoms with E-state index in [1.54, 1.807) is 24.3 Å². The summed E-state index contributed by atoms with van der Waals surface area (Å²) in [5.41, 5.74) is 0.479. The number of imide groups is 1. The zero-order chi connectivity index (χ0) is 16.4. The standard InChI is InChI=1S/C17H27N3O2/c1-4-20(5-2)13-9-10-14(3)18-17(22)19-16(21)15-11-7-6-8-12-15/h6-8,11-12,14H,4-5,9-10,13H2,1-3H3,(H2,18,19,21,22). The summed E-state index contributed by atoms with van der Waals surface area (Å²) in [5, 5.41) is 5.15. The summed E-state index contributed by atoms with van der Waals surface area (Å²) in [6.45, 7) is 9.37. The number of benzene rings is 1. The van der Waals surface area contributed by atoms with Crippen LogP contribution in [0.3, 0.4) is 0 Å². The van der Waals surface area contributed by atoms with E-state index < -0.39 is 6.03 Å². The molecule has 3 amide bonds. The van der Waals surface area contributed by atoms with Gasteiger partial charge in [0.1, 0.15) is 0 Å². The molecule has 1 atom stereocenters. The molecule has 1 aromatic carbocycles. The van der Waals surface area contributed by atoms with Crippen LogP contribution in [0.15, 0.2) is 30.3 Å². The molecule has 0 fully saturated rings. The van der Waals surface area contributed by atoms with Gasteiger partial charge in [-0.1, -0.05) is 32.0 Å². The molecular formula is C17H27N3O2. The quantitative estimate of drug-likeness (QED) is 0.776. The van der Waals surface area contributed by atoms with Crippen LogP contribution in [0.2, 0.25) is 0 Å². The van der Waals surface area contributed by atoms with Gasteiger partial charge >= 0.3 is 6.03 Å². The summed E-state index contributed by atoms with van der Waals surface area (Å²) in [6.07, 6.45) is 1.92. The van der Waals surface area contributed by atoms with E-state index in [4.69, 9.17) is 0 Å². The van der Waals surface area contributed by atoms with E-state index in [0.29, 0.717) is 5.56 Å². The summed E-state index contributed by atoms with van der Waals surface area (Å²) in [5.74, 6) is -0.381. The molecule has 122 valence electrons. The third-order valence-corrected chi connectivity index (χ3v) is 3.65. The summed E-state index contributed by atoms with van der Waals surface area (Å²) in [6, 6.07) is 8.31. The van der Waals surface area contributed by atoms with Gasteiger partial charge in [0.2, 0.25) is 0 Å². The van der Waals surface area contributed by atoms with Crippen LogP contribution < -0.4 is 10.6 Å². The lowest BCUT2D eigenvalue weighted by Crippen LogP contribution is -2.43. The number of hydrogen-bond acceptors (Lipinski definition) is 3. The van der Waals surface area contributed by atoms with Crippen LogP contribution in [0, 0.1) is 0 Å². The van der Waals surface area contributed by atoms with E-state index in [2.05, 4.69) is 29.4 Å². The van der Waals surface area contributed by atoms with Crippen LogP contribution >= 0.6 is 0 Å². The Kier molecular flexibility index (Phi) is 8.22. The first kappa shape index (κ1) is 18.2. The first-order valence-corrected chi connectivity index (χ1v) is 7.96. The zero-order valence-corrected chi connectivity index (χ0v) is 13.8. The molecule has 0 aliphatic carbocycles. The number of rotatable bonds is 8. The Bertz CT molecular complexity index is 458. The summed E-state index contributed by atoms with van der Waals surface area (Å²) in [4.78, 5) is 26.0. The maximum absolute atomic E-state index is 11.8. The van der Waals surface area contributed by atoms with Crippen molar-refractivity contribution in [3.8, 4) is 0 Å². The van der Waals surface area contributed by atoms with Crippen LogP contribution in [0.25, 0.3) is 0 Å². The minimum Gasteiger partial charge on any atom is -0.335 e. The SMILES string of the molecule is CCN(CC)CCCC(C)NC(=O)NC(=O)c1ccccc1. The van der Waals surface area contributed by atoms with Gasteiger partial charge < -0.3 is 10.2 Å². The van der Waals surface area contributed by atoms with Crippen molar-refractivity contribution >= 4 is 11.9 Å².